The Hall–Kier alpha value is -1.40. The second-order valence-corrected chi connectivity index (χ2v) is 5.57. The molecule has 1 aromatic rings. The Morgan fingerprint density at radius 2 is 2.35 bits per heavy atom. The SMILES string of the molecule is COC(=O)c1ccc(CNC2CCC(=O)NC2)c(Br)c1. The number of carbonyl (C=O) groups is 2. The summed E-state index contributed by atoms with van der Waals surface area (Å²) < 4.78 is 5.55. The van der Waals surface area contributed by atoms with Gasteiger partial charge in [-0.25, -0.2) is 4.79 Å². The van der Waals surface area contributed by atoms with Gasteiger partial charge in [0.15, 0.2) is 0 Å². The first kappa shape index (κ1) is 15.0. The summed E-state index contributed by atoms with van der Waals surface area (Å²) >= 11 is 3.46. The Morgan fingerprint density at radius 3 is 2.95 bits per heavy atom. The highest BCUT2D eigenvalue weighted by Crippen LogP contribution is 2.19. The largest absolute Gasteiger partial charge is 0.465 e. The number of ether oxygens (including phenoxy) is 1. The summed E-state index contributed by atoms with van der Waals surface area (Å²) in [4.78, 5) is 22.5. The van der Waals surface area contributed by atoms with Crippen LogP contribution in [0.1, 0.15) is 28.8 Å². The number of benzene rings is 1. The summed E-state index contributed by atoms with van der Waals surface area (Å²) in [5.74, 6) is -0.230. The van der Waals surface area contributed by atoms with Crippen molar-refractivity contribution in [3.8, 4) is 0 Å². The summed E-state index contributed by atoms with van der Waals surface area (Å²) in [6.07, 6.45) is 1.42. The summed E-state index contributed by atoms with van der Waals surface area (Å²) in [6.45, 7) is 1.35. The minimum Gasteiger partial charge on any atom is -0.465 e. The van der Waals surface area contributed by atoms with Gasteiger partial charge < -0.3 is 15.4 Å². The van der Waals surface area contributed by atoms with E-state index in [1.165, 1.54) is 7.11 Å². The fourth-order valence-electron chi connectivity index (χ4n) is 2.10. The van der Waals surface area contributed by atoms with Gasteiger partial charge in [-0.3, -0.25) is 4.79 Å². The Morgan fingerprint density at radius 1 is 1.55 bits per heavy atom. The number of rotatable bonds is 4. The lowest BCUT2D eigenvalue weighted by Gasteiger charge is -2.23. The molecular formula is C14H17BrN2O3. The monoisotopic (exact) mass is 340 g/mol. The number of amides is 1. The van der Waals surface area contributed by atoms with E-state index >= 15 is 0 Å². The van der Waals surface area contributed by atoms with Crippen molar-refractivity contribution in [1.82, 2.24) is 10.6 Å². The number of hydrogen-bond donors (Lipinski definition) is 2. The van der Waals surface area contributed by atoms with E-state index < -0.39 is 0 Å². The third-order valence-corrected chi connectivity index (χ3v) is 4.06. The molecule has 1 saturated heterocycles. The van der Waals surface area contributed by atoms with Gasteiger partial charge in [-0.15, -0.1) is 0 Å². The molecule has 1 aliphatic heterocycles. The predicted molar refractivity (Wildman–Crippen MR) is 78.4 cm³/mol. The van der Waals surface area contributed by atoms with Gasteiger partial charge in [-0.2, -0.15) is 0 Å². The zero-order valence-corrected chi connectivity index (χ0v) is 12.8. The highest BCUT2D eigenvalue weighted by atomic mass is 79.9. The van der Waals surface area contributed by atoms with Crippen LogP contribution in [0.3, 0.4) is 0 Å². The predicted octanol–water partition coefficient (Wildman–Crippen LogP) is 1.60. The molecule has 2 rings (SSSR count). The van der Waals surface area contributed by atoms with E-state index in [0.717, 1.165) is 16.5 Å². The third-order valence-electron chi connectivity index (χ3n) is 3.32. The van der Waals surface area contributed by atoms with Crippen molar-refractivity contribution in [1.29, 1.82) is 0 Å². The van der Waals surface area contributed by atoms with E-state index in [0.29, 0.717) is 31.1 Å². The van der Waals surface area contributed by atoms with Gasteiger partial charge in [0.1, 0.15) is 0 Å². The molecule has 108 valence electrons. The molecule has 0 bridgehead atoms. The molecule has 0 spiro atoms. The van der Waals surface area contributed by atoms with Crippen LogP contribution in [0.15, 0.2) is 22.7 Å². The van der Waals surface area contributed by atoms with Gasteiger partial charge >= 0.3 is 5.97 Å². The number of halogens is 1. The minimum absolute atomic E-state index is 0.117. The fraction of sp³-hybridized carbons (Fsp3) is 0.429. The smallest absolute Gasteiger partial charge is 0.337 e. The van der Waals surface area contributed by atoms with Crippen LogP contribution in [0.4, 0.5) is 0 Å². The van der Waals surface area contributed by atoms with Crippen molar-refractivity contribution < 1.29 is 14.3 Å². The molecule has 20 heavy (non-hydrogen) atoms. The van der Waals surface area contributed by atoms with Crippen molar-refractivity contribution in [2.24, 2.45) is 0 Å². The molecule has 6 heteroatoms. The molecular weight excluding hydrogens is 324 g/mol. The topological polar surface area (TPSA) is 67.4 Å². The molecule has 1 heterocycles. The van der Waals surface area contributed by atoms with Crippen LogP contribution < -0.4 is 10.6 Å². The maximum absolute atomic E-state index is 11.4. The number of nitrogens with one attached hydrogen (secondary N) is 2. The lowest BCUT2D eigenvalue weighted by Crippen LogP contribution is -2.45. The van der Waals surface area contributed by atoms with Gasteiger partial charge in [0, 0.05) is 30.0 Å². The average Bonchev–Trinajstić information content (AvgIpc) is 2.46. The van der Waals surface area contributed by atoms with E-state index in [-0.39, 0.29) is 11.9 Å². The molecule has 0 radical (unpaired) electrons. The Bertz CT molecular complexity index is 509. The maximum Gasteiger partial charge on any atom is 0.337 e. The van der Waals surface area contributed by atoms with E-state index in [4.69, 9.17) is 0 Å². The van der Waals surface area contributed by atoms with Gasteiger partial charge in [0.05, 0.1) is 12.7 Å². The zero-order chi connectivity index (χ0) is 14.5. The number of hydrogen-bond acceptors (Lipinski definition) is 4. The first-order chi connectivity index (χ1) is 9.60. The molecule has 0 aliphatic carbocycles. The van der Waals surface area contributed by atoms with Crippen LogP contribution in [0, 0.1) is 0 Å². The van der Waals surface area contributed by atoms with Crippen LogP contribution in [0.5, 0.6) is 0 Å². The molecule has 1 fully saturated rings. The molecule has 1 unspecified atom stereocenters. The van der Waals surface area contributed by atoms with Gasteiger partial charge in [-0.05, 0) is 24.1 Å². The van der Waals surface area contributed by atoms with Crippen molar-refractivity contribution in [3.05, 3.63) is 33.8 Å². The van der Waals surface area contributed by atoms with Gasteiger partial charge in [0.25, 0.3) is 0 Å². The molecule has 2 N–H and O–H groups in total. The highest BCUT2D eigenvalue weighted by Gasteiger charge is 2.17. The molecule has 1 aromatic carbocycles. The first-order valence-corrected chi connectivity index (χ1v) is 7.26. The third kappa shape index (κ3) is 3.80. The first-order valence-electron chi connectivity index (χ1n) is 6.47. The number of carbonyl (C=O) groups excluding carboxylic acids is 2. The Labute approximate surface area is 126 Å². The molecule has 0 saturated carbocycles. The summed E-state index contributed by atoms with van der Waals surface area (Å²) in [7, 11) is 1.36. The fourth-order valence-corrected chi connectivity index (χ4v) is 2.62. The number of piperidine rings is 1. The minimum atomic E-state index is -0.347. The summed E-state index contributed by atoms with van der Waals surface area (Å²) in [5.41, 5.74) is 1.59. The zero-order valence-electron chi connectivity index (χ0n) is 11.2. The van der Waals surface area contributed by atoms with Gasteiger partial charge in [0.2, 0.25) is 5.91 Å². The van der Waals surface area contributed by atoms with Crippen molar-refractivity contribution in [2.45, 2.75) is 25.4 Å². The van der Waals surface area contributed by atoms with Gasteiger partial charge in [-0.1, -0.05) is 22.0 Å². The van der Waals surface area contributed by atoms with Crippen LogP contribution >= 0.6 is 15.9 Å². The Balaban J connectivity index is 1.93. The number of methoxy groups -OCH3 is 1. The summed E-state index contributed by atoms with van der Waals surface area (Å²) in [5, 5.41) is 6.24. The molecule has 5 nitrogen and oxygen atoms in total. The van der Waals surface area contributed by atoms with Crippen LogP contribution in [-0.2, 0) is 16.1 Å². The molecule has 1 aliphatic rings. The maximum atomic E-state index is 11.4. The standard InChI is InChI=1S/C14H17BrN2O3/c1-20-14(19)9-2-3-10(12(15)6-9)7-16-11-4-5-13(18)17-8-11/h2-3,6,11,16H,4-5,7-8H2,1H3,(H,17,18). The quantitative estimate of drug-likeness (QED) is 0.817. The normalized spacial score (nSPS) is 18.5. The van der Waals surface area contributed by atoms with Crippen LogP contribution in [0.2, 0.25) is 0 Å². The van der Waals surface area contributed by atoms with Crippen molar-refractivity contribution in [3.63, 3.8) is 0 Å². The van der Waals surface area contributed by atoms with E-state index in [9.17, 15) is 9.59 Å². The van der Waals surface area contributed by atoms with Crippen molar-refractivity contribution in [2.75, 3.05) is 13.7 Å². The van der Waals surface area contributed by atoms with E-state index in [1.807, 2.05) is 6.07 Å². The lowest BCUT2D eigenvalue weighted by atomic mass is 10.1. The molecule has 0 aromatic heterocycles. The lowest BCUT2D eigenvalue weighted by molar-refractivity contribution is -0.122. The molecule has 1 amide bonds. The second kappa shape index (κ2) is 6.85. The summed E-state index contributed by atoms with van der Waals surface area (Å²) in [6, 6.07) is 5.69. The average molecular weight is 341 g/mol. The van der Waals surface area contributed by atoms with E-state index in [2.05, 4.69) is 31.3 Å². The van der Waals surface area contributed by atoms with Crippen molar-refractivity contribution >= 4 is 27.8 Å². The van der Waals surface area contributed by atoms with E-state index in [1.54, 1.807) is 12.1 Å². The second-order valence-electron chi connectivity index (χ2n) is 4.72. The van der Waals surface area contributed by atoms with Crippen LogP contribution in [0.25, 0.3) is 0 Å². The molecule has 1 atom stereocenters. The number of esters is 1. The highest BCUT2D eigenvalue weighted by molar-refractivity contribution is 9.10. The Kier molecular flexibility index (Phi) is 5.14. The van der Waals surface area contributed by atoms with Crippen LogP contribution in [-0.4, -0.2) is 31.6 Å².